The first-order valence-corrected chi connectivity index (χ1v) is 11.6. The number of hydrogen-bond donors (Lipinski definition) is 2. The van der Waals surface area contributed by atoms with Crippen molar-refractivity contribution in [2.45, 2.75) is 19.3 Å². The SMILES string of the molecule is O=C(Cn1c(=O)nc(Nc2ccc(Oc3cccnn3)cc2)n(Cc2ccc(Cl)cc2)c1=O)NCC(F)(F)F. The number of aromatic nitrogens is 5. The van der Waals surface area contributed by atoms with Gasteiger partial charge in [0.05, 0.1) is 6.54 Å². The van der Waals surface area contributed by atoms with Crippen LogP contribution in [0.2, 0.25) is 5.02 Å². The van der Waals surface area contributed by atoms with Crippen molar-refractivity contribution in [2.24, 2.45) is 0 Å². The Kier molecular flexibility index (Phi) is 8.24. The molecule has 202 valence electrons. The topological polar surface area (TPSA) is 133 Å². The minimum Gasteiger partial charge on any atom is -0.438 e. The zero-order valence-corrected chi connectivity index (χ0v) is 20.6. The fourth-order valence-corrected chi connectivity index (χ4v) is 3.40. The molecule has 0 aliphatic carbocycles. The zero-order chi connectivity index (χ0) is 28.0. The van der Waals surface area contributed by atoms with Gasteiger partial charge in [-0.1, -0.05) is 23.7 Å². The Hall–Kier alpha value is -4.72. The molecule has 2 aromatic carbocycles. The Morgan fingerprint density at radius 1 is 1.00 bits per heavy atom. The highest BCUT2D eigenvalue weighted by Gasteiger charge is 2.28. The third kappa shape index (κ3) is 7.64. The van der Waals surface area contributed by atoms with Gasteiger partial charge in [0.15, 0.2) is 0 Å². The molecule has 0 aliphatic rings. The highest BCUT2D eigenvalue weighted by Crippen LogP contribution is 2.22. The maximum atomic E-state index is 13.3. The number of nitrogens with zero attached hydrogens (tertiary/aromatic N) is 5. The number of halogens is 4. The molecule has 0 atom stereocenters. The van der Waals surface area contributed by atoms with Gasteiger partial charge in [-0.15, -0.1) is 5.10 Å². The Labute approximate surface area is 222 Å². The molecule has 4 aromatic rings. The number of nitrogens with one attached hydrogen (secondary N) is 2. The van der Waals surface area contributed by atoms with Crippen LogP contribution in [0.1, 0.15) is 5.56 Å². The molecule has 0 unspecified atom stereocenters. The van der Waals surface area contributed by atoms with E-state index in [0.717, 1.165) is 4.57 Å². The molecule has 0 bridgehead atoms. The number of rotatable bonds is 9. The van der Waals surface area contributed by atoms with E-state index >= 15 is 0 Å². The maximum absolute atomic E-state index is 13.3. The van der Waals surface area contributed by atoms with Gasteiger partial charge < -0.3 is 15.4 Å². The van der Waals surface area contributed by atoms with E-state index in [1.165, 1.54) is 6.20 Å². The molecule has 4 rings (SSSR count). The van der Waals surface area contributed by atoms with Crippen LogP contribution in [-0.2, 0) is 17.9 Å². The lowest BCUT2D eigenvalue weighted by Gasteiger charge is -2.16. The molecular formula is C24H19ClF3N7O4. The van der Waals surface area contributed by atoms with Gasteiger partial charge in [0.25, 0.3) is 0 Å². The lowest BCUT2D eigenvalue weighted by Crippen LogP contribution is -2.46. The number of benzene rings is 2. The standard InChI is InChI=1S/C24H19ClF3N7O4/c25-16-5-3-15(4-6-16)12-34-21(31-17-7-9-18(10-8-17)39-20-2-1-11-30-33-20)32-22(37)35(23(34)38)13-19(36)29-14-24(26,27)28/h1-11H,12-14H2,(H,29,36)(H,31,32,37). The van der Waals surface area contributed by atoms with E-state index in [2.05, 4.69) is 20.5 Å². The molecule has 1 amide bonds. The molecule has 0 aliphatic heterocycles. The van der Waals surface area contributed by atoms with Crippen molar-refractivity contribution in [3.05, 3.63) is 98.4 Å². The molecule has 39 heavy (non-hydrogen) atoms. The van der Waals surface area contributed by atoms with Crippen LogP contribution in [0, 0.1) is 0 Å². The number of alkyl halides is 3. The van der Waals surface area contributed by atoms with Gasteiger partial charge >= 0.3 is 17.6 Å². The van der Waals surface area contributed by atoms with Gasteiger partial charge in [-0.25, -0.2) is 14.2 Å². The van der Waals surface area contributed by atoms with Crippen molar-refractivity contribution in [3.8, 4) is 11.6 Å². The zero-order valence-electron chi connectivity index (χ0n) is 19.9. The normalized spacial score (nSPS) is 11.2. The van der Waals surface area contributed by atoms with Crippen LogP contribution in [0.3, 0.4) is 0 Å². The lowest BCUT2D eigenvalue weighted by molar-refractivity contribution is -0.138. The van der Waals surface area contributed by atoms with Crippen molar-refractivity contribution < 1.29 is 22.7 Å². The van der Waals surface area contributed by atoms with E-state index in [4.69, 9.17) is 16.3 Å². The predicted molar refractivity (Wildman–Crippen MR) is 134 cm³/mol. The van der Waals surface area contributed by atoms with Crippen molar-refractivity contribution in [3.63, 3.8) is 0 Å². The van der Waals surface area contributed by atoms with Crippen molar-refractivity contribution in [2.75, 3.05) is 11.9 Å². The van der Waals surface area contributed by atoms with Crippen molar-refractivity contribution in [1.29, 1.82) is 0 Å². The predicted octanol–water partition coefficient (Wildman–Crippen LogP) is 3.11. The summed E-state index contributed by atoms with van der Waals surface area (Å²) in [7, 11) is 0. The summed E-state index contributed by atoms with van der Waals surface area (Å²) in [4.78, 5) is 41.8. The number of anilines is 2. The number of amides is 1. The van der Waals surface area contributed by atoms with Crippen LogP contribution in [0.15, 0.2) is 76.4 Å². The summed E-state index contributed by atoms with van der Waals surface area (Å²) in [6.45, 7) is -2.65. The fourth-order valence-electron chi connectivity index (χ4n) is 3.27. The van der Waals surface area contributed by atoms with Gasteiger partial charge in [0.1, 0.15) is 18.8 Å². The number of hydrogen-bond acceptors (Lipinski definition) is 8. The Bertz CT molecular complexity index is 1560. The summed E-state index contributed by atoms with van der Waals surface area (Å²) in [5.74, 6) is -0.618. The average Bonchev–Trinajstić information content (AvgIpc) is 2.90. The van der Waals surface area contributed by atoms with E-state index < -0.39 is 36.6 Å². The molecule has 11 nitrogen and oxygen atoms in total. The van der Waals surface area contributed by atoms with Gasteiger partial charge in [-0.05, 0) is 48.0 Å². The summed E-state index contributed by atoms with van der Waals surface area (Å²) >= 11 is 5.93. The second-order valence-electron chi connectivity index (χ2n) is 8.00. The fraction of sp³-hybridized carbons (Fsp3) is 0.167. The van der Waals surface area contributed by atoms with Crippen LogP contribution in [0.25, 0.3) is 0 Å². The summed E-state index contributed by atoms with van der Waals surface area (Å²) in [5, 5.41) is 12.5. The summed E-state index contributed by atoms with van der Waals surface area (Å²) in [6, 6.07) is 16.2. The van der Waals surface area contributed by atoms with Crippen LogP contribution >= 0.6 is 11.6 Å². The second-order valence-corrected chi connectivity index (χ2v) is 8.44. The van der Waals surface area contributed by atoms with Crippen LogP contribution in [0.4, 0.5) is 24.8 Å². The highest BCUT2D eigenvalue weighted by atomic mass is 35.5. The molecular weight excluding hydrogens is 543 g/mol. The monoisotopic (exact) mass is 561 g/mol. The van der Waals surface area contributed by atoms with Crippen molar-refractivity contribution >= 4 is 29.1 Å². The molecule has 0 radical (unpaired) electrons. The molecule has 0 saturated carbocycles. The Morgan fingerprint density at radius 3 is 2.36 bits per heavy atom. The Morgan fingerprint density at radius 2 is 1.72 bits per heavy atom. The average molecular weight is 562 g/mol. The van der Waals surface area contributed by atoms with Gasteiger partial charge in [-0.2, -0.15) is 23.3 Å². The number of ether oxygens (including phenoxy) is 1. The first-order valence-electron chi connectivity index (χ1n) is 11.2. The molecule has 0 saturated heterocycles. The van der Waals surface area contributed by atoms with E-state index in [1.807, 2.05) is 0 Å². The molecule has 0 spiro atoms. The van der Waals surface area contributed by atoms with E-state index in [0.29, 0.717) is 26.6 Å². The van der Waals surface area contributed by atoms with Crippen LogP contribution in [0.5, 0.6) is 11.6 Å². The third-order valence-electron chi connectivity index (χ3n) is 5.07. The molecule has 2 aromatic heterocycles. The van der Waals surface area contributed by atoms with Gasteiger partial charge in [0, 0.05) is 23.0 Å². The highest BCUT2D eigenvalue weighted by molar-refractivity contribution is 6.30. The molecule has 2 N–H and O–H groups in total. The number of carbonyl (C=O) groups excluding carboxylic acids is 1. The minimum atomic E-state index is -4.66. The quantitative estimate of drug-likeness (QED) is 0.318. The lowest BCUT2D eigenvalue weighted by atomic mass is 10.2. The molecule has 15 heteroatoms. The van der Waals surface area contributed by atoms with E-state index in [9.17, 15) is 27.6 Å². The third-order valence-corrected chi connectivity index (χ3v) is 5.32. The molecule has 2 heterocycles. The van der Waals surface area contributed by atoms with Gasteiger partial charge in [-0.3, -0.25) is 9.36 Å². The first kappa shape index (κ1) is 27.3. The summed E-state index contributed by atoms with van der Waals surface area (Å²) in [6.07, 6.45) is -3.16. The van der Waals surface area contributed by atoms with E-state index in [1.54, 1.807) is 66.0 Å². The molecule has 0 fully saturated rings. The summed E-state index contributed by atoms with van der Waals surface area (Å²) in [5.41, 5.74) is -1.05. The van der Waals surface area contributed by atoms with E-state index in [-0.39, 0.29) is 18.4 Å². The minimum absolute atomic E-state index is 0.0936. The van der Waals surface area contributed by atoms with Gasteiger partial charge in [0.2, 0.25) is 17.7 Å². The van der Waals surface area contributed by atoms with Crippen LogP contribution in [-0.4, -0.2) is 42.9 Å². The largest absolute Gasteiger partial charge is 0.438 e. The van der Waals surface area contributed by atoms with Crippen molar-refractivity contribution in [1.82, 2.24) is 29.6 Å². The summed E-state index contributed by atoms with van der Waals surface area (Å²) < 4.78 is 44.5. The second kappa shape index (κ2) is 11.8. The smallest absolute Gasteiger partial charge is 0.405 e. The Balaban J connectivity index is 1.62. The maximum Gasteiger partial charge on any atom is 0.405 e. The first-order chi connectivity index (χ1) is 18.6. The van der Waals surface area contributed by atoms with Crippen LogP contribution < -0.4 is 26.7 Å². The number of carbonyl (C=O) groups is 1.